The van der Waals surface area contributed by atoms with Gasteiger partial charge in [-0.1, -0.05) is 12.1 Å². The Bertz CT molecular complexity index is 588. The lowest BCUT2D eigenvalue weighted by molar-refractivity contribution is -0.129. The number of nitrogens with one attached hydrogen (secondary N) is 2. The molecule has 2 heterocycles. The van der Waals surface area contributed by atoms with Crippen LogP contribution >= 0.6 is 24.8 Å². The lowest BCUT2D eigenvalue weighted by Crippen LogP contribution is -2.55. The monoisotopic (exact) mass is 435 g/mol. The molecular weight excluding hydrogens is 405 g/mol. The topological polar surface area (TPSA) is 72.1 Å². The zero-order chi connectivity index (χ0) is 18.2. The Labute approximate surface area is 179 Å². The van der Waals surface area contributed by atoms with Crippen LogP contribution in [0.3, 0.4) is 0 Å². The van der Waals surface area contributed by atoms with Crippen LogP contribution in [0.4, 0.5) is 0 Å². The molecule has 2 aliphatic heterocycles. The molecule has 0 aliphatic carbocycles. The number of nitrogens with zero attached hydrogens (tertiary/aromatic N) is 1. The molecule has 0 saturated carbocycles. The van der Waals surface area contributed by atoms with Crippen LogP contribution in [-0.4, -0.2) is 75.6 Å². The summed E-state index contributed by atoms with van der Waals surface area (Å²) >= 11 is 0. The van der Waals surface area contributed by atoms with Crippen molar-refractivity contribution in [3.8, 4) is 5.75 Å². The van der Waals surface area contributed by atoms with Crippen molar-refractivity contribution in [2.24, 2.45) is 0 Å². The number of hydrogen-bond donors (Lipinski definition) is 2. The molecule has 28 heavy (non-hydrogen) atoms. The maximum atomic E-state index is 12.3. The maximum Gasteiger partial charge on any atom is 0.240 e. The Morgan fingerprint density at radius 2 is 2.07 bits per heavy atom. The van der Waals surface area contributed by atoms with Crippen molar-refractivity contribution in [3.05, 3.63) is 29.8 Å². The first-order chi connectivity index (χ1) is 12.7. The number of carbonyl (C=O) groups is 1. The van der Waals surface area contributed by atoms with Gasteiger partial charge in [0, 0.05) is 32.7 Å². The SMILES string of the molecule is C[C@H]1OCCN[C@@H]1C(=O)NCc1cccc(OCCN2CCOCC2)c1.Cl.Cl. The molecule has 0 bridgehead atoms. The molecule has 0 unspecified atom stereocenters. The van der Waals surface area contributed by atoms with Crippen molar-refractivity contribution in [2.75, 3.05) is 52.6 Å². The second-order valence-corrected chi connectivity index (χ2v) is 6.68. The molecule has 160 valence electrons. The van der Waals surface area contributed by atoms with E-state index < -0.39 is 0 Å². The van der Waals surface area contributed by atoms with Crippen LogP contribution < -0.4 is 15.4 Å². The van der Waals surface area contributed by atoms with Crippen molar-refractivity contribution in [3.63, 3.8) is 0 Å². The Morgan fingerprint density at radius 3 is 2.82 bits per heavy atom. The fourth-order valence-corrected chi connectivity index (χ4v) is 3.19. The minimum Gasteiger partial charge on any atom is -0.492 e. The third-order valence-corrected chi connectivity index (χ3v) is 4.74. The average molecular weight is 436 g/mol. The summed E-state index contributed by atoms with van der Waals surface area (Å²) in [5.74, 6) is 0.799. The highest BCUT2D eigenvalue weighted by Crippen LogP contribution is 2.14. The normalized spacial score (nSPS) is 22.5. The Morgan fingerprint density at radius 1 is 1.29 bits per heavy atom. The summed E-state index contributed by atoms with van der Waals surface area (Å²) in [5.41, 5.74) is 1.02. The number of benzene rings is 1. The van der Waals surface area contributed by atoms with Gasteiger partial charge < -0.3 is 24.8 Å². The number of rotatable bonds is 7. The van der Waals surface area contributed by atoms with Crippen LogP contribution in [0.5, 0.6) is 5.75 Å². The summed E-state index contributed by atoms with van der Waals surface area (Å²) < 4.78 is 16.7. The molecule has 2 saturated heterocycles. The molecule has 1 aromatic carbocycles. The number of hydrogen-bond acceptors (Lipinski definition) is 6. The van der Waals surface area contributed by atoms with E-state index in [1.807, 2.05) is 31.2 Å². The standard InChI is InChI=1S/C19H29N3O4.2ClH/c1-15-18(20-5-9-25-15)19(23)21-14-16-3-2-4-17(13-16)26-12-8-22-6-10-24-11-7-22;;/h2-4,13,15,18,20H,5-12,14H2,1H3,(H,21,23);2*1H/t15-,18+;;/m1../s1. The molecule has 2 fully saturated rings. The summed E-state index contributed by atoms with van der Waals surface area (Å²) in [6.07, 6.45) is -0.112. The first-order valence-corrected chi connectivity index (χ1v) is 9.37. The fraction of sp³-hybridized carbons (Fsp3) is 0.632. The summed E-state index contributed by atoms with van der Waals surface area (Å²) in [4.78, 5) is 14.7. The smallest absolute Gasteiger partial charge is 0.240 e. The number of carbonyl (C=O) groups excluding carboxylic acids is 1. The van der Waals surface area contributed by atoms with Crippen molar-refractivity contribution >= 4 is 30.7 Å². The molecule has 0 aromatic heterocycles. The van der Waals surface area contributed by atoms with Gasteiger partial charge >= 0.3 is 0 Å². The number of ether oxygens (including phenoxy) is 3. The van der Waals surface area contributed by atoms with Gasteiger partial charge in [-0.15, -0.1) is 24.8 Å². The highest BCUT2D eigenvalue weighted by molar-refractivity contribution is 5.85. The van der Waals surface area contributed by atoms with Gasteiger partial charge in [0.15, 0.2) is 0 Å². The molecule has 1 aromatic rings. The van der Waals surface area contributed by atoms with E-state index in [1.54, 1.807) is 0 Å². The van der Waals surface area contributed by atoms with Gasteiger partial charge in [0.1, 0.15) is 18.4 Å². The molecule has 2 N–H and O–H groups in total. The molecule has 2 aliphatic rings. The first-order valence-electron chi connectivity index (χ1n) is 9.37. The van der Waals surface area contributed by atoms with Crippen molar-refractivity contribution < 1.29 is 19.0 Å². The highest BCUT2D eigenvalue weighted by Gasteiger charge is 2.27. The number of halogens is 2. The number of amides is 1. The van der Waals surface area contributed by atoms with E-state index in [-0.39, 0.29) is 42.9 Å². The zero-order valence-electron chi connectivity index (χ0n) is 16.2. The predicted octanol–water partition coefficient (Wildman–Crippen LogP) is 1.23. The average Bonchev–Trinajstić information content (AvgIpc) is 2.68. The van der Waals surface area contributed by atoms with Crippen LogP contribution in [0, 0.1) is 0 Å². The van der Waals surface area contributed by atoms with E-state index in [4.69, 9.17) is 14.2 Å². The molecule has 9 heteroatoms. The maximum absolute atomic E-state index is 12.3. The molecule has 1 amide bonds. The minimum atomic E-state index is -0.295. The summed E-state index contributed by atoms with van der Waals surface area (Å²) in [5, 5.41) is 6.18. The van der Waals surface area contributed by atoms with Gasteiger partial charge in [0.05, 0.1) is 25.9 Å². The van der Waals surface area contributed by atoms with E-state index >= 15 is 0 Å². The predicted molar refractivity (Wildman–Crippen MR) is 113 cm³/mol. The van der Waals surface area contributed by atoms with E-state index in [9.17, 15) is 4.79 Å². The highest BCUT2D eigenvalue weighted by atomic mass is 35.5. The van der Waals surface area contributed by atoms with E-state index in [0.717, 1.165) is 44.2 Å². The van der Waals surface area contributed by atoms with Gasteiger partial charge in [-0.05, 0) is 24.6 Å². The number of morpholine rings is 2. The van der Waals surface area contributed by atoms with Gasteiger partial charge in [0.25, 0.3) is 0 Å². The molecular formula is C19H31Cl2N3O4. The molecule has 3 rings (SSSR count). The Balaban J connectivity index is 0.00000196. The third-order valence-electron chi connectivity index (χ3n) is 4.74. The van der Waals surface area contributed by atoms with Crippen molar-refractivity contribution in [2.45, 2.75) is 25.6 Å². The van der Waals surface area contributed by atoms with Crippen molar-refractivity contribution in [1.29, 1.82) is 0 Å². The molecule has 7 nitrogen and oxygen atoms in total. The Kier molecular flexibility index (Phi) is 11.8. The quantitative estimate of drug-likeness (QED) is 0.670. The van der Waals surface area contributed by atoms with E-state index in [0.29, 0.717) is 26.3 Å². The summed E-state index contributed by atoms with van der Waals surface area (Å²) in [7, 11) is 0. The van der Waals surface area contributed by atoms with Gasteiger partial charge in [-0.2, -0.15) is 0 Å². The van der Waals surface area contributed by atoms with Crippen LogP contribution in [-0.2, 0) is 20.8 Å². The van der Waals surface area contributed by atoms with Gasteiger partial charge in [-0.25, -0.2) is 0 Å². The van der Waals surface area contributed by atoms with Gasteiger partial charge in [0.2, 0.25) is 5.91 Å². The lowest BCUT2D eigenvalue weighted by atomic mass is 10.1. The van der Waals surface area contributed by atoms with Crippen LogP contribution in [0.25, 0.3) is 0 Å². The van der Waals surface area contributed by atoms with Crippen LogP contribution in [0.2, 0.25) is 0 Å². The first kappa shape index (κ1) is 24.9. The lowest BCUT2D eigenvalue weighted by Gasteiger charge is -2.29. The fourth-order valence-electron chi connectivity index (χ4n) is 3.19. The largest absolute Gasteiger partial charge is 0.492 e. The molecule has 2 atom stereocenters. The van der Waals surface area contributed by atoms with Crippen LogP contribution in [0.1, 0.15) is 12.5 Å². The molecule has 0 spiro atoms. The molecule has 0 radical (unpaired) electrons. The van der Waals surface area contributed by atoms with Gasteiger partial charge in [-0.3, -0.25) is 9.69 Å². The van der Waals surface area contributed by atoms with Crippen LogP contribution in [0.15, 0.2) is 24.3 Å². The minimum absolute atomic E-state index is 0. The summed E-state index contributed by atoms with van der Waals surface area (Å²) in [6.45, 7) is 8.82. The zero-order valence-corrected chi connectivity index (χ0v) is 17.9. The summed E-state index contributed by atoms with van der Waals surface area (Å²) in [6, 6.07) is 7.58. The van der Waals surface area contributed by atoms with Crippen molar-refractivity contribution in [1.82, 2.24) is 15.5 Å². The second-order valence-electron chi connectivity index (χ2n) is 6.68. The van der Waals surface area contributed by atoms with E-state index in [2.05, 4.69) is 15.5 Å². The second kappa shape index (κ2) is 13.2. The Hall–Kier alpha value is -1.09. The van der Waals surface area contributed by atoms with E-state index in [1.165, 1.54) is 0 Å². The third kappa shape index (κ3) is 7.73.